The van der Waals surface area contributed by atoms with Crippen LogP contribution in [0.1, 0.15) is 0 Å². The lowest BCUT2D eigenvalue weighted by Crippen LogP contribution is -2.02. The van der Waals surface area contributed by atoms with Gasteiger partial charge in [0.05, 0.1) is 0 Å². The van der Waals surface area contributed by atoms with Gasteiger partial charge >= 0.3 is 0 Å². The first kappa shape index (κ1) is 29.5. The molecule has 0 fully saturated rings. The van der Waals surface area contributed by atoms with Crippen molar-refractivity contribution >= 4 is 65.0 Å². The van der Waals surface area contributed by atoms with Gasteiger partial charge in [0.15, 0.2) is 17.5 Å². The van der Waals surface area contributed by atoms with E-state index in [1.54, 1.807) is 0 Å². The number of para-hydroxylation sites is 1. The minimum atomic E-state index is 0.612. The highest BCUT2D eigenvalue weighted by molar-refractivity contribution is 6.23. The second-order valence-corrected chi connectivity index (χ2v) is 13.5. The van der Waals surface area contributed by atoms with Gasteiger partial charge in [-0.15, -0.1) is 0 Å². The number of furan rings is 1. The van der Waals surface area contributed by atoms with Gasteiger partial charge in [-0.05, 0) is 78.5 Å². The summed E-state index contributed by atoms with van der Waals surface area (Å²) in [5.74, 6) is 1.87. The monoisotopic (exact) mass is 675 g/mol. The van der Waals surface area contributed by atoms with Crippen LogP contribution >= 0.6 is 0 Å². The Morgan fingerprint density at radius 1 is 0.302 bits per heavy atom. The summed E-state index contributed by atoms with van der Waals surface area (Å²) in [4.78, 5) is 15.9. The Hall–Kier alpha value is -7.17. The number of aromatic nitrogens is 3. The van der Waals surface area contributed by atoms with Crippen molar-refractivity contribution in [2.24, 2.45) is 0 Å². The van der Waals surface area contributed by atoms with Crippen molar-refractivity contribution in [3.63, 3.8) is 0 Å². The van der Waals surface area contributed by atoms with Gasteiger partial charge in [0.1, 0.15) is 11.2 Å². The molecule has 0 amide bonds. The summed E-state index contributed by atoms with van der Waals surface area (Å²) in [6, 6.07) is 61.6. The van der Waals surface area contributed by atoms with Crippen LogP contribution in [0.4, 0.5) is 0 Å². The van der Waals surface area contributed by atoms with Gasteiger partial charge in [-0.25, -0.2) is 15.0 Å². The SMILES string of the molecule is c1ccc(-c2cccc3oc4ccccc4c23)c(-c2nc(-c3ccc4ccccc4c3)nc(-c3cc4ccc5ccccc5c4c4ccccc34)n2)c1. The van der Waals surface area contributed by atoms with Crippen molar-refractivity contribution in [1.29, 1.82) is 0 Å². The third-order valence-electron chi connectivity index (χ3n) is 10.5. The fourth-order valence-corrected chi connectivity index (χ4v) is 8.05. The molecule has 0 aliphatic carbocycles. The van der Waals surface area contributed by atoms with Crippen LogP contribution in [0.25, 0.3) is 110 Å². The molecule has 0 aliphatic heterocycles. The number of rotatable bonds is 4. The van der Waals surface area contributed by atoms with Gasteiger partial charge in [-0.3, -0.25) is 0 Å². The Labute approximate surface area is 304 Å². The number of benzene rings is 9. The molecule has 246 valence electrons. The third kappa shape index (κ3) is 4.73. The fraction of sp³-hybridized carbons (Fsp3) is 0. The van der Waals surface area contributed by atoms with E-state index in [9.17, 15) is 0 Å². The summed E-state index contributed by atoms with van der Waals surface area (Å²) >= 11 is 0. The predicted molar refractivity (Wildman–Crippen MR) is 219 cm³/mol. The molecule has 4 heteroatoms. The zero-order valence-electron chi connectivity index (χ0n) is 28.5. The van der Waals surface area contributed by atoms with E-state index in [1.807, 2.05) is 18.2 Å². The van der Waals surface area contributed by atoms with Gasteiger partial charge in [0.25, 0.3) is 0 Å². The maximum atomic E-state index is 6.31. The van der Waals surface area contributed by atoms with E-state index in [2.05, 4.69) is 158 Å². The highest BCUT2D eigenvalue weighted by Crippen LogP contribution is 2.42. The van der Waals surface area contributed by atoms with Crippen LogP contribution in [-0.2, 0) is 0 Å². The first-order chi connectivity index (χ1) is 26.3. The normalized spacial score (nSPS) is 11.8. The maximum absolute atomic E-state index is 6.31. The Morgan fingerprint density at radius 2 is 0.887 bits per heavy atom. The molecule has 0 unspecified atom stereocenters. The molecule has 53 heavy (non-hydrogen) atoms. The molecule has 4 nitrogen and oxygen atoms in total. The predicted octanol–water partition coefficient (Wildman–Crippen LogP) is 13.1. The van der Waals surface area contributed by atoms with Crippen molar-refractivity contribution in [2.45, 2.75) is 0 Å². The number of nitrogens with zero attached hydrogens (tertiary/aromatic N) is 3. The molecule has 0 radical (unpaired) electrons. The minimum absolute atomic E-state index is 0.612. The van der Waals surface area contributed by atoms with Gasteiger partial charge in [-0.1, -0.05) is 152 Å². The van der Waals surface area contributed by atoms with E-state index in [0.29, 0.717) is 17.5 Å². The standard InChI is InChI=1S/C49H29N3O/c1-2-14-32-28-34(27-24-30(32)12-1)47-50-48(40-19-8-6-16-36(40)39-21-11-23-44-46(39)41-20-9-10-22-43(41)53-44)52-49(51-47)42-29-33-26-25-31-13-3-4-15-35(31)45(33)38-18-7-5-17-37(38)42/h1-29H. The van der Waals surface area contributed by atoms with E-state index in [0.717, 1.165) is 65.9 Å². The van der Waals surface area contributed by atoms with Crippen LogP contribution in [0.15, 0.2) is 180 Å². The Morgan fingerprint density at radius 3 is 1.75 bits per heavy atom. The molecule has 11 rings (SSSR count). The molecule has 0 spiro atoms. The third-order valence-corrected chi connectivity index (χ3v) is 10.5. The van der Waals surface area contributed by atoms with Crippen LogP contribution in [0.2, 0.25) is 0 Å². The summed E-state index contributed by atoms with van der Waals surface area (Å²) < 4.78 is 6.31. The fourth-order valence-electron chi connectivity index (χ4n) is 8.05. The summed E-state index contributed by atoms with van der Waals surface area (Å²) in [6.07, 6.45) is 0. The zero-order chi connectivity index (χ0) is 34.9. The lowest BCUT2D eigenvalue weighted by Gasteiger charge is -2.15. The summed E-state index contributed by atoms with van der Waals surface area (Å²) in [7, 11) is 0. The van der Waals surface area contributed by atoms with E-state index in [-0.39, 0.29) is 0 Å². The van der Waals surface area contributed by atoms with Gasteiger partial charge in [0.2, 0.25) is 0 Å². The van der Waals surface area contributed by atoms with E-state index in [1.165, 1.54) is 26.9 Å². The zero-order valence-corrected chi connectivity index (χ0v) is 28.5. The van der Waals surface area contributed by atoms with Crippen LogP contribution in [0.3, 0.4) is 0 Å². The van der Waals surface area contributed by atoms with Crippen LogP contribution in [0, 0.1) is 0 Å². The Kier molecular flexibility index (Phi) is 6.52. The maximum Gasteiger partial charge on any atom is 0.164 e. The van der Waals surface area contributed by atoms with Crippen LogP contribution in [0.5, 0.6) is 0 Å². The average Bonchev–Trinajstić information content (AvgIpc) is 3.62. The lowest BCUT2D eigenvalue weighted by atomic mass is 9.93. The molecule has 0 N–H and O–H groups in total. The highest BCUT2D eigenvalue weighted by Gasteiger charge is 2.20. The van der Waals surface area contributed by atoms with Crippen molar-refractivity contribution in [1.82, 2.24) is 15.0 Å². The quantitative estimate of drug-likeness (QED) is 0.174. The van der Waals surface area contributed by atoms with E-state index >= 15 is 0 Å². The Bertz CT molecular complexity index is 3250. The van der Waals surface area contributed by atoms with Crippen molar-refractivity contribution in [3.8, 4) is 45.3 Å². The second kappa shape index (κ2) is 11.7. The molecular formula is C49H29N3O. The first-order valence-electron chi connectivity index (χ1n) is 17.9. The molecule has 2 heterocycles. The molecule has 0 bridgehead atoms. The molecular weight excluding hydrogens is 647 g/mol. The molecule has 2 aromatic heterocycles. The first-order valence-corrected chi connectivity index (χ1v) is 17.9. The number of fused-ring (bicyclic) bond motifs is 9. The Balaban J connectivity index is 1.20. The number of hydrogen-bond acceptors (Lipinski definition) is 4. The summed E-state index contributed by atoms with van der Waals surface area (Å²) in [6.45, 7) is 0. The minimum Gasteiger partial charge on any atom is -0.456 e. The molecule has 0 saturated heterocycles. The van der Waals surface area contributed by atoms with Gasteiger partial charge in [-0.2, -0.15) is 0 Å². The molecule has 0 saturated carbocycles. The summed E-state index contributed by atoms with van der Waals surface area (Å²) in [5.41, 5.74) is 6.64. The highest BCUT2D eigenvalue weighted by atomic mass is 16.3. The van der Waals surface area contributed by atoms with Gasteiger partial charge < -0.3 is 4.42 Å². The number of hydrogen-bond donors (Lipinski definition) is 0. The average molecular weight is 676 g/mol. The van der Waals surface area contributed by atoms with Crippen LogP contribution in [-0.4, -0.2) is 15.0 Å². The summed E-state index contributed by atoms with van der Waals surface area (Å²) in [5, 5.41) is 11.6. The lowest BCUT2D eigenvalue weighted by molar-refractivity contribution is 0.669. The van der Waals surface area contributed by atoms with Crippen molar-refractivity contribution in [2.75, 3.05) is 0 Å². The van der Waals surface area contributed by atoms with E-state index in [4.69, 9.17) is 19.4 Å². The molecule has 11 aromatic rings. The van der Waals surface area contributed by atoms with Crippen molar-refractivity contribution < 1.29 is 4.42 Å². The molecule has 9 aromatic carbocycles. The molecule has 0 atom stereocenters. The van der Waals surface area contributed by atoms with Gasteiger partial charge in [0, 0.05) is 27.5 Å². The van der Waals surface area contributed by atoms with E-state index < -0.39 is 0 Å². The van der Waals surface area contributed by atoms with Crippen molar-refractivity contribution in [3.05, 3.63) is 176 Å². The largest absolute Gasteiger partial charge is 0.456 e. The van der Waals surface area contributed by atoms with Crippen LogP contribution < -0.4 is 0 Å². The topological polar surface area (TPSA) is 51.8 Å². The molecule has 0 aliphatic rings. The second-order valence-electron chi connectivity index (χ2n) is 13.5. The smallest absolute Gasteiger partial charge is 0.164 e.